The van der Waals surface area contributed by atoms with Crippen LogP contribution in [0.5, 0.6) is 5.75 Å². The lowest BCUT2D eigenvalue weighted by Crippen LogP contribution is -2.47. The van der Waals surface area contributed by atoms with Crippen molar-refractivity contribution in [3.8, 4) is 5.75 Å². The molecule has 0 bridgehead atoms. The summed E-state index contributed by atoms with van der Waals surface area (Å²) in [5, 5.41) is 13.1. The molecule has 12 heteroatoms. The van der Waals surface area contributed by atoms with E-state index in [0.717, 1.165) is 43.5 Å². The first-order valence-electron chi connectivity index (χ1n) is 16.8. The molecule has 0 spiro atoms. The first-order chi connectivity index (χ1) is 22.7. The van der Waals surface area contributed by atoms with Crippen LogP contribution in [0.25, 0.3) is 0 Å². The molecule has 0 radical (unpaired) electrons. The number of alkyl halides is 3. The average molecular weight is 679 g/mol. The van der Waals surface area contributed by atoms with Gasteiger partial charge in [-0.1, -0.05) is 19.1 Å². The number of amides is 2. The molecule has 4 atom stereocenters. The van der Waals surface area contributed by atoms with Crippen molar-refractivity contribution in [1.82, 2.24) is 14.7 Å². The first kappa shape index (κ1) is 39.3. The van der Waals surface area contributed by atoms with Gasteiger partial charge in [0.2, 0.25) is 5.91 Å². The number of rotatable bonds is 11. The van der Waals surface area contributed by atoms with Crippen LogP contribution >= 0.6 is 0 Å². The third kappa shape index (κ3) is 12.4. The summed E-state index contributed by atoms with van der Waals surface area (Å²) in [6.07, 6.45) is -1.43. The minimum atomic E-state index is -4.39. The average Bonchev–Trinajstić information content (AvgIpc) is 3.02. The van der Waals surface area contributed by atoms with Crippen molar-refractivity contribution in [3.05, 3.63) is 59.2 Å². The fourth-order valence-corrected chi connectivity index (χ4v) is 5.72. The van der Waals surface area contributed by atoms with E-state index in [1.165, 1.54) is 12.1 Å². The lowest BCUT2D eigenvalue weighted by atomic mass is 10.0. The predicted molar refractivity (Wildman–Crippen MR) is 181 cm³/mol. The Labute approximate surface area is 283 Å². The van der Waals surface area contributed by atoms with Crippen LogP contribution in [0.4, 0.5) is 18.9 Å². The molecule has 268 valence electrons. The molecule has 0 aromatic heterocycles. The van der Waals surface area contributed by atoms with Crippen LogP contribution in [0.1, 0.15) is 74.4 Å². The van der Waals surface area contributed by atoms with Gasteiger partial charge >= 0.3 is 6.18 Å². The number of anilines is 1. The van der Waals surface area contributed by atoms with Crippen molar-refractivity contribution in [2.45, 2.75) is 83.8 Å². The minimum Gasteiger partial charge on any atom is -0.490 e. The third-order valence-corrected chi connectivity index (χ3v) is 8.57. The molecule has 2 amide bonds. The topological polar surface area (TPSA) is 94.6 Å². The summed E-state index contributed by atoms with van der Waals surface area (Å²) in [6.45, 7) is 7.94. The molecule has 0 fully saturated rings. The molecule has 1 heterocycles. The van der Waals surface area contributed by atoms with E-state index in [0.29, 0.717) is 49.5 Å². The molecule has 9 nitrogen and oxygen atoms in total. The van der Waals surface area contributed by atoms with Gasteiger partial charge in [-0.3, -0.25) is 14.5 Å². The number of carbonyl (C=O) groups excluding carboxylic acids is 2. The van der Waals surface area contributed by atoms with E-state index in [1.807, 2.05) is 44.8 Å². The Morgan fingerprint density at radius 3 is 2.46 bits per heavy atom. The van der Waals surface area contributed by atoms with Crippen molar-refractivity contribution in [3.63, 3.8) is 0 Å². The molecular formula is C36H53F3N4O5. The summed E-state index contributed by atoms with van der Waals surface area (Å²) in [5.74, 6) is -0.219. The van der Waals surface area contributed by atoms with Gasteiger partial charge in [0, 0.05) is 44.3 Å². The summed E-state index contributed by atoms with van der Waals surface area (Å²) in [4.78, 5) is 32.6. The zero-order chi connectivity index (χ0) is 35.4. The molecule has 2 N–H and O–H groups in total. The Bertz CT molecular complexity index is 1310. The molecule has 0 saturated carbocycles. The second kappa shape index (κ2) is 18.5. The number of halogens is 3. The highest BCUT2D eigenvalue weighted by molar-refractivity contribution is 5.99. The van der Waals surface area contributed by atoms with Gasteiger partial charge in [0.05, 0.1) is 36.0 Å². The van der Waals surface area contributed by atoms with Gasteiger partial charge in [0.15, 0.2) is 0 Å². The van der Waals surface area contributed by atoms with Gasteiger partial charge in [-0.05, 0) is 103 Å². The summed E-state index contributed by atoms with van der Waals surface area (Å²) in [5.41, 5.74) is 0.853. The molecule has 0 unspecified atom stereocenters. The monoisotopic (exact) mass is 678 g/mol. The zero-order valence-corrected chi connectivity index (χ0v) is 29.2. The number of nitrogens with one attached hydrogen (secondary N) is 1. The van der Waals surface area contributed by atoms with Crippen molar-refractivity contribution in [1.29, 1.82) is 0 Å². The second-order valence-corrected chi connectivity index (χ2v) is 13.4. The molecule has 3 rings (SSSR count). The number of hydrogen-bond acceptors (Lipinski definition) is 7. The number of fused-ring (bicyclic) bond motifs is 1. The SMILES string of the molecule is C[C@@H]1CN([C@H](C)CO)C(=O)c2cc(NC(=O)CCCN(C)C)ccc2O[C@@H](C)CCCCO[C@@H]1CN(C)Cc1ccc(C(F)(F)F)cc1. The molecule has 48 heavy (non-hydrogen) atoms. The third-order valence-electron chi connectivity index (χ3n) is 8.57. The van der Waals surface area contributed by atoms with E-state index in [9.17, 15) is 27.9 Å². The van der Waals surface area contributed by atoms with Crippen molar-refractivity contribution in [2.24, 2.45) is 5.92 Å². The smallest absolute Gasteiger partial charge is 0.416 e. The Morgan fingerprint density at radius 1 is 1.10 bits per heavy atom. The number of hydrogen-bond donors (Lipinski definition) is 2. The highest BCUT2D eigenvalue weighted by Gasteiger charge is 2.31. The van der Waals surface area contributed by atoms with Crippen LogP contribution < -0.4 is 10.1 Å². The standard InChI is InChI=1S/C36H53F3N4O5/c1-25-21-43(26(2)24-44)35(46)31-20-30(40-34(45)11-9-18-41(4)5)16-17-32(31)48-27(3)10-7-8-19-47-33(25)23-42(6)22-28-12-14-29(15-13-28)36(37,38)39/h12-17,20,25-27,33,44H,7-11,18-19,21-24H2,1-6H3,(H,40,45)/t25-,26-,27+,33-/m1/s1. The molecule has 1 aliphatic heterocycles. The van der Waals surface area contributed by atoms with Gasteiger partial charge in [-0.15, -0.1) is 0 Å². The molecule has 2 aromatic carbocycles. The maximum atomic E-state index is 14.3. The van der Waals surface area contributed by atoms with Crippen molar-refractivity contribution >= 4 is 17.5 Å². The number of likely N-dealkylation sites (N-methyl/N-ethyl adjacent to an activating group) is 1. The van der Waals surface area contributed by atoms with Gasteiger partial charge in [-0.2, -0.15) is 13.2 Å². The van der Waals surface area contributed by atoms with Gasteiger partial charge in [0.25, 0.3) is 5.91 Å². The fourth-order valence-electron chi connectivity index (χ4n) is 5.72. The summed E-state index contributed by atoms with van der Waals surface area (Å²) in [6, 6.07) is 9.75. The summed E-state index contributed by atoms with van der Waals surface area (Å²) < 4.78 is 51.8. The number of aliphatic hydroxyl groups excluding tert-OH is 1. The van der Waals surface area contributed by atoms with Crippen molar-refractivity contribution < 1.29 is 37.3 Å². The van der Waals surface area contributed by atoms with Crippen LogP contribution in [-0.2, 0) is 22.3 Å². The van der Waals surface area contributed by atoms with E-state index in [1.54, 1.807) is 30.0 Å². The summed E-state index contributed by atoms with van der Waals surface area (Å²) >= 11 is 0. The van der Waals surface area contributed by atoms with E-state index in [4.69, 9.17) is 9.47 Å². The molecule has 0 aliphatic carbocycles. The number of aliphatic hydroxyl groups is 1. The lowest BCUT2D eigenvalue weighted by Gasteiger charge is -2.36. The van der Waals surface area contributed by atoms with Crippen LogP contribution in [0.2, 0.25) is 0 Å². The van der Waals surface area contributed by atoms with Crippen LogP contribution in [0.15, 0.2) is 42.5 Å². The van der Waals surface area contributed by atoms with E-state index in [2.05, 4.69) is 5.32 Å². The highest BCUT2D eigenvalue weighted by atomic mass is 19.4. The quantitative estimate of drug-likeness (QED) is 0.305. The van der Waals surface area contributed by atoms with E-state index >= 15 is 0 Å². The Balaban J connectivity index is 1.85. The Kier molecular flexibility index (Phi) is 15.2. The Hall–Kier alpha value is -3.19. The van der Waals surface area contributed by atoms with Gasteiger partial charge in [0.1, 0.15) is 5.75 Å². The normalized spacial score (nSPS) is 20.6. The Morgan fingerprint density at radius 2 is 1.81 bits per heavy atom. The van der Waals surface area contributed by atoms with Gasteiger partial charge < -0.3 is 29.7 Å². The second-order valence-electron chi connectivity index (χ2n) is 13.4. The zero-order valence-electron chi connectivity index (χ0n) is 29.2. The maximum absolute atomic E-state index is 14.3. The number of nitrogens with zero attached hydrogens (tertiary/aromatic N) is 3. The molecular weight excluding hydrogens is 625 g/mol. The first-order valence-corrected chi connectivity index (χ1v) is 16.8. The van der Waals surface area contributed by atoms with Crippen LogP contribution in [-0.4, -0.2) is 104 Å². The molecule has 0 saturated heterocycles. The number of carbonyl (C=O) groups is 2. The molecule has 1 aliphatic rings. The minimum absolute atomic E-state index is 0.144. The summed E-state index contributed by atoms with van der Waals surface area (Å²) in [7, 11) is 5.80. The van der Waals surface area contributed by atoms with Gasteiger partial charge in [-0.25, -0.2) is 0 Å². The largest absolute Gasteiger partial charge is 0.490 e. The van der Waals surface area contributed by atoms with Crippen LogP contribution in [0, 0.1) is 5.92 Å². The number of ether oxygens (including phenoxy) is 2. The molecule has 2 aromatic rings. The maximum Gasteiger partial charge on any atom is 0.416 e. The van der Waals surface area contributed by atoms with Crippen LogP contribution in [0.3, 0.4) is 0 Å². The number of benzene rings is 2. The fraction of sp³-hybridized carbons (Fsp3) is 0.611. The predicted octanol–water partition coefficient (Wildman–Crippen LogP) is 5.91. The van der Waals surface area contributed by atoms with E-state index in [-0.39, 0.29) is 43.1 Å². The van der Waals surface area contributed by atoms with E-state index < -0.39 is 17.8 Å². The highest BCUT2D eigenvalue weighted by Crippen LogP contribution is 2.30. The lowest BCUT2D eigenvalue weighted by molar-refractivity contribution is -0.137. The van der Waals surface area contributed by atoms with Crippen molar-refractivity contribution in [2.75, 3.05) is 59.3 Å².